The van der Waals surface area contributed by atoms with Crippen LogP contribution in [0.4, 0.5) is 5.69 Å². The van der Waals surface area contributed by atoms with E-state index in [1.54, 1.807) is 6.20 Å². The zero-order chi connectivity index (χ0) is 17.6. The van der Waals surface area contributed by atoms with Gasteiger partial charge in [-0.25, -0.2) is 9.97 Å². The molecule has 1 aromatic heterocycles. The van der Waals surface area contributed by atoms with Gasteiger partial charge in [0.05, 0.1) is 11.7 Å². The van der Waals surface area contributed by atoms with E-state index < -0.39 is 0 Å². The number of rotatable bonds is 4. The molecular formula is C20H20N4S. The summed E-state index contributed by atoms with van der Waals surface area (Å²) in [7, 11) is 0. The summed E-state index contributed by atoms with van der Waals surface area (Å²) in [6, 6.07) is 20.3. The fourth-order valence-corrected chi connectivity index (χ4v) is 2.86. The largest absolute Gasteiger partial charge is 0.356 e. The van der Waals surface area contributed by atoms with Crippen molar-refractivity contribution in [1.29, 1.82) is 0 Å². The average Bonchev–Trinajstić information content (AvgIpc) is 2.62. The number of hydrogen-bond donors (Lipinski definition) is 2. The smallest absolute Gasteiger partial charge is 0.171 e. The molecule has 3 aromatic rings. The fourth-order valence-electron chi connectivity index (χ4n) is 2.56. The van der Waals surface area contributed by atoms with E-state index in [0.717, 1.165) is 22.8 Å². The molecule has 0 aliphatic rings. The van der Waals surface area contributed by atoms with E-state index in [4.69, 9.17) is 12.2 Å². The number of nitrogens with zero attached hydrogens (tertiary/aromatic N) is 2. The molecule has 1 unspecified atom stereocenters. The molecule has 0 saturated carbocycles. The van der Waals surface area contributed by atoms with Crippen LogP contribution in [0, 0.1) is 6.92 Å². The van der Waals surface area contributed by atoms with E-state index in [0.29, 0.717) is 5.11 Å². The standard InChI is InChI=1S/C20H20N4S/c1-14(16-7-4-3-5-8-16)22-20(25)24-18-10-6-9-17(13-18)19-11-12-21-15(2)23-19/h3-14H,1-2H3,(H2,22,24,25). The van der Waals surface area contributed by atoms with E-state index in [2.05, 4.69) is 39.7 Å². The van der Waals surface area contributed by atoms with Crippen LogP contribution in [-0.4, -0.2) is 15.1 Å². The Hall–Kier alpha value is -2.79. The Bertz CT molecular complexity index is 864. The number of hydrogen-bond acceptors (Lipinski definition) is 3. The third kappa shape index (κ3) is 4.61. The highest BCUT2D eigenvalue weighted by Gasteiger charge is 2.07. The normalized spacial score (nSPS) is 11.6. The van der Waals surface area contributed by atoms with Crippen LogP contribution in [0.1, 0.15) is 24.4 Å². The third-order valence-corrected chi connectivity index (χ3v) is 4.06. The van der Waals surface area contributed by atoms with Gasteiger partial charge in [-0.1, -0.05) is 42.5 Å². The van der Waals surface area contributed by atoms with Gasteiger partial charge in [-0.2, -0.15) is 0 Å². The van der Waals surface area contributed by atoms with Gasteiger partial charge in [0, 0.05) is 17.4 Å². The number of thiocarbonyl (C=S) groups is 1. The van der Waals surface area contributed by atoms with Gasteiger partial charge < -0.3 is 10.6 Å². The lowest BCUT2D eigenvalue weighted by Crippen LogP contribution is -2.30. The Labute approximate surface area is 153 Å². The zero-order valence-corrected chi connectivity index (χ0v) is 15.0. The minimum Gasteiger partial charge on any atom is -0.356 e. The van der Waals surface area contributed by atoms with Crippen molar-refractivity contribution in [2.75, 3.05) is 5.32 Å². The average molecular weight is 348 g/mol. The highest BCUT2D eigenvalue weighted by atomic mass is 32.1. The zero-order valence-electron chi connectivity index (χ0n) is 14.2. The van der Waals surface area contributed by atoms with Gasteiger partial charge in [-0.05, 0) is 49.8 Å². The number of nitrogens with one attached hydrogen (secondary N) is 2. The molecule has 0 bridgehead atoms. The predicted octanol–water partition coefficient (Wildman–Crippen LogP) is 4.50. The van der Waals surface area contributed by atoms with Crippen LogP contribution in [0.2, 0.25) is 0 Å². The number of aryl methyl sites for hydroxylation is 1. The third-order valence-electron chi connectivity index (χ3n) is 3.84. The van der Waals surface area contributed by atoms with Gasteiger partial charge in [-0.3, -0.25) is 0 Å². The van der Waals surface area contributed by atoms with E-state index in [1.165, 1.54) is 5.56 Å². The number of anilines is 1. The SMILES string of the molecule is Cc1nccc(-c2cccc(NC(=S)NC(C)c3ccccc3)c2)n1. The maximum absolute atomic E-state index is 5.45. The van der Waals surface area contributed by atoms with Gasteiger partial charge in [0.15, 0.2) is 5.11 Å². The van der Waals surface area contributed by atoms with Gasteiger partial charge >= 0.3 is 0 Å². The molecule has 0 saturated heterocycles. The minimum absolute atomic E-state index is 0.133. The monoisotopic (exact) mass is 348 g/mol. The lowest BCUT2D eigenvalue weighted by atomic mass is 10.1. The maximum Gasteiger partial charge on any atom is 0.171 e. The summed E-state index contributed by atoms with van der Waals surface area (Å²) < 4.78 is 0. The van der Waals surface area contributed by atoms with Crippen LogP contribution in [0.15, 0.2) is 66.9 Å². The van der Waals surface area contributed by atoms with Crippen LogP contribution >= 0.6 is 12.2 Å². The Morgan fingerprint density at radius 2 is 1.84 bits per heavy atom. The summed E-state index contributed by atoms with van der Waals surface area (Å²) in [6.45, 7) is 3.97. The maximum atomic E-state index is 5.45. The van der Waals surface area contributed by atoms with Crippen LogP contribution in [0.5, 0.6) is 0 Å². The molecule has 1 heterocycles. The van der Waals surface area contributed by atoms with E-state index in [9.17, 15) is 0 Å². The summed E-state index contributed by atoms with van der Waals surface area (Å²) in [5.74, 6) is 0.754. The first-order valence-electron chi connectivity index (χ1n) is 8.14. The van der Waals surface area contributed by atoms with Crippen molar-refractivity contribution < 1.29 is 0 Å². The van der Waals surface area contributed by atoms with Crippen molar-refractivity contribution in [2.45, 2.75) is 19.9 Å². The van der Waals surface area contributed by atoms with Crippen LogP contribution < -0.4 is 10.6 Å². The summed E-state index contributed by atoms with van der Waals surface area (Å²) in [5.41, 5.74) is 4.03. The van der Waals surface area contributed by atoms with Gasteiger partial charge in [-0.15, -0.1) is 0 Å². The van der Waals surface area contributed by atoms with Crippen molar-refractivity contribution in [1.82, 2.24) is 15.3 Å². The topological polar surface area (TPSA) is 49.8 Å². The second-order valence-electron chi connectivity index (χ2n) is 5.80. The molecule has 0 radical (unpaired) electrons. The Morgan fingerprint density at radius 3 is 2.60 bits per heavy atom. The molecule has 2 aromatic carbocycles. The quantitative estimate of drug-likeness (QED) is 0.680. The molecular weight excluding hydrogens is 328 g/mol. The van der Waals surface area contributed by atoms with Crippen LogP contribution in [0.3, 0.4) is 0 Å². The first kappa shape index (κ1) is 17.0. The van der Waals surface area contributed by atoms with Crippen molar-refractivity contribution in [3.05, 3.63) is 78.2 Å². The first-order chi connectivity index (χ1) is 12.1. The first-order valence-corrected chi connectivity index (χ1v) is 8.55. The Morgan fingerprint density at radius 1 is 1.04 bits per heavy atom. The summed E-state index contributed by atoms with van der Waals surface area (Å²) in [4.78, 5) is 8.60. The van der Waals surface area contributed by atoms with E-state index in [-0.39, 0.29) is 6.04 Å². The Kier molecular flexibility index (Phi) is 5.36. The molecule has 126 valence electrons. The number of aromatic nitrogens is 2. The summed E-state index contributed by atoms with van der Waals surface area (Å²) in [6.07, 6.45) is 1.77. The summed E-state index contributed by atoms with van der Waals surface area (Å²) in [5, 5.41) is 7.14. The van der Waals surface area contributed by atoms with Gasteiger partial charge in [0.25, 0.3) is 0 Å². The highest BCUT2D eigenvalue weighted by Crippen LogP contribution is 2.21. The van der Waals surface area contributed by atoms with Crippen molar-refractivity contribution >= 4 is 23.0 Å². The molecule has 0 aliphatic heterocycles. The molecule has 0 spiro atoms. The Balaban J connectivity index is 1.69. The molecule has 0 aliphatic carbocycles. The molecule has 0 amide bonds. The van der Waals surface area contributed by atoms with Gasteiger partial charge in [0.2, 0.25) is 0 Å². The highest BCUT2D eigenvalue weighted by molar-refractivity contribution is 7.80. The molecule has 2 N–H and O–H groups in total. The molecule has 1 atom stereocenters. The van der Waals surface area contributed by atoms with Gasteiger partial charge in [0.1, 0.15) is 5.82 Å². The molecule has 3 rings (SSSR count). The second-order valence-corrected chi connectivity index (χ2v) is 6.21. The van der Waals surface area contributed by atoms with E-state index in [1.807, 2.05) is 55.5 Å². The van der Waals surface area contributed by atoms with Crippen LogP contribution in [-0.2, 0) is 0 Å². The van der Waals surface area contributed by atoms with E-state index >= 15 is 0 Å². The van der Waals surface area contributed by atoms with Crippen molar-refractivity contribution in [2.24, 2.45) is 0 Å². The molecule has 4 nitrogen and oxygen atoms in total. The minimum atomic E-state index is 0.133. The lowest BCUT2D eigenvalue weighted by Gasteiger charge is -2.17. The molecule has 5 heteroatoms. The van der Waals surface area contributed by atoms with Crippen molar-refractivity contribution in [3.8, 4) is 11.3 Å². The predicted molar refractivity (Wildman–Crippen MR) is 106 cm³/mol. The second kappa shape index (κ2) is 7.85. The lowest BCUT2D eigenvalue weighted by molar-refractivity contribution is 0.722. The fraction of sp³-hybridized carbons (Fsp3) is 0.150. The number of benzene rings is 2. The van der Waals surface area contributed by atoms with Crippen LogP contribution in [0.25, 0.3) is 11.3 Å². The molecule has 25 heavy (non-hydrogen) atoms. The molecule has 0 fully saturated rings. The van der Waals surface area contributed by atoms with Crippen molar-refractivity contribution in [3.63, 3.8) is 0 Å². The summed E-state index contributed by atoms with van der Waals surface area (Å²) >= 11 is 5.45.